The average molecular weight is 383 g/mol. The summed E-state index contributed by atoms with van der Waals surface area (Å²) in [5.41, 5.74) is 2.72. The molecule has 23 heavy (non-hydrogen) atoms. The molecule has 0 bridgehead atoms. The van der Waals surface area contributed by atoms with Crippen molar-refractivity contribution in [3.05, 3.63) is 39.8 Å². The first kappa shape index (κ1) is 16.4. The number of halogens is 1. The Morgan fingerprint density at radius 2 is 2.22 bits per heavy atom. The summed E-state index contributed by atoms with van der Waals surface area (Å²) in [7, 11) is 1.38. The first-order valence-electron chi connectivity index (χ1n) is 6.46. The normalized spacial score (nSPS) is 10.7. The van der Waals surface area contributed by atoms with Crippen LogP contribution in [0.1, 0.15) is 9.67 Å². The summed E-state index contributed by atoms with van der Waals surface area (Å²) < 4.78 is 5.84. The second kappa shape index (κ2) is 7.00. The molecule has 0 aliphatic carbocycles. The number of hydrogen-bond acceptors (Lipinski definition) is 7. The van der Waals surface area contributed by atoms with E-state index in [1.165, 1.54) is 29.8 Å². The number of hydrogen-bond donors (Lipinski definition) is 0. The molecule has 0 fully saturated rings. The molecule has 0 saturated heterocycles. The van der Waals surface area contributed by atoms with Gasteiger partial charge in [-0.3, -0.25) is 0 Å². The maximum absolute atomic E-state index is 11.7. The van der Waals surface area contributed by atoms with Crippen LogP contribution in [-0.2, 0) is 4.74 Å². The molecule has 0 N–H and O–H groups in total. The van der Waals surface area contributed by atoms with Crippen molar-refractivity contribution in [3.8, 4) is 21.8 Å². The fourth-order valence-corrected chi connectivity index (χ4v) is 4.91. The Morgan fingerprint density at radius 3 is 2.91 bits per heavy atom. The fraction of sp³-hybridized carbons (Fsp3) is 0.133. The number of thioether (sulfide) groups is 1. The van der Waals surface area contributed by atoms with Gasteiger partial charge in [-0.15, -0.1) is 34.4 Å². The van der Waals surface area contributed by atoms with Crippen LogP contribution in [0.3, 0.4) is 0 Å². The monoisotopic (exact) mass is 382 g/mol. The van der Waals surface area contributed by atoms with E-state index in [0.29, 0.717) is 10.0 Å². The summed E-state index contributed by atoms with van der Waals surface area (Å²) in [4.78, 5) is 21.0. The topological polar surface area (TPSA) is 52.1 Å². The molecule has 3 heterocycles. The molecule has 118 valence electrons. The number of pyridine rings is 1. The van der Waals surface area contributed by atoms with Gasteiger partial charge in [0.25, 0.3) is 0 Å². The van der Waals surface area contributed by atoms with Gasteiger partial charge < -0.3 is 4.74 Å². The smallest absolute Gasteiger partial charge is 0.348 e. The van der Waals surface area contributed by atoms with Crippen molar-refractivity contribution in [1.82, 2.24) is 9.97 Å². The zero-order valence-corrected chi connectivity index (χ0v) is 15.4. The van der Waals surface area contributed by atoms with E-state index in [9.17, 15) is 4.79 Å². The van der Waals surface area contributed by atoms with Crippen LogP contribution in [0.15, 0.2) is 34.0 Å². The van der Waals surface area contributed by atoms with E-state index < -0.39 is 0 Å². The number of esters is 1. The molecular weight excluding hydrogens is 372 g/mol. The molecule has 3 rings (SSSR count). The third-order valence-electron chi connectivity index (χ3n) is 3.03. The van der Waals surface area contributed by atoms with Crippen molar-refractivity contribution in [2.45, 2.75) is 4.21 Å². The van der Waals surface area contributed by atoms with Crippen LogP contribution in [0.25, 0.3) is 21.8 Å². The molecule has 4 nitrogen and oxygen atoms in total. The number of carbonyl (C=O) groups excluding carboxylic acids is 1. The van der Waals surface area contributed by atoms with Crippen LogP contribution in [0, 0.1) is 0 Å². The Hall–Kier alpha value is -1.41. The average Bonchev–Trinajstić information content (AvgIpc) is 3.20. The first-order valence-corrected chi connectivity index (χ1v) is 9.76. The second-order valence-electron chi connectivity index (χ2n) is 4.41. The van der Waals surface area contributed by atoms with E-state index in [4.69, 9.17) is 16.3 Å². The minimum atomic E-state index is -0.325. The largest absolute Gasteiger partial charge is 0.465 e. The van der Waals surface area contributed by atoms with Crippen molar-refractivity contribution < 1.29 is 9.53 Å². The summed E-state index contributed by atoms with van der Waals surface area (Å²) in [6.45, 7) is 0. The molecule has 0 atom stereocenters. The number of rotatable bonds is 4. The van der Waals surface area contributed by atoms with Crippen molar-refractivity contribution in [1.29, 1.82) is 0 Å². The van der Waals surface area contributed by atoms with Gasteiger partial charge in [0.2, 0.25) is 0 Å². The second-order valence-corrected chi connectivity index (χ2v) is 7.79. The summed E-state index contributed by atoms with van der Waals surface area (Å²) in [5.74, 6) is -0.325. The highest BCUT2D eigenvalue weighted by Crippen LogP contribution is 2.40. The standard InChI is InChI=1S/C15H11ClN2O2S3/c1-20-14(19)11-6-9(15(21-2)23-11)13-18-10(7-22-13)8-3-4-17-12(16)5-8/h3-7H,1-2H3. The minimum absolute atomic E-state index is 0.325. The van der Waals surface area contributed by atoms with Crippen LogP contribution < -0.4 is 0 Å². The minimum Gasteiger partial charge on any atom is -0.465 e. The predicted octanol–water partition coefficient (Wildman–Crippen LogP) is 5.10. The van der Waals surface area contributed by atoms with Gasteiger partial charge in [-0.05, 0) is 24.5 Å². The van der Waals surface area contributed by atoms with Crippen molar-refractivity contribution >= 4 is 52.0 Å². The Bertz CT molecular complexity index is 860. The Labute approximate surface area is 150 Å². The molecule has 3 aromatic rings. The van der Waals surface area contributed by atoms with E-state index in [0.717, 1.165) is 26.0 Å². The molecule has 0 aromatic carbocycles. The first-order chi connectivity index (χ1) is 11.1. The van der Waals surface area contributed by atoms with Crippen LogP contribution in [0.5, 0.6) is 0 Å². The van der Waals surface area contributed by atoms with Gasteiger partial charge in [-0.25, -0.2) is 14.8 Å². The maximum Gasteiger partial charge on any atom is 0.348 e. The lowest BCUT2D eigenvalue weighted by atomic mass is 10.2. The van der Waals surface area contributed by atoms with Gasteiger partial charge in [-0.1, -0.05) is 11.6 Å². The molecule has 0 unspecified atom stereocenters. The highest BCUT2D eigenvalue weighted by molar-refractivity contribution is 8.00. The number of thiophene rings is 1. The number of ether oxygens (including phenoxy) is 1. The third kappa shape index (κ3) is 3.42. The van der Waals surface area contributed by atoms with Gasteiger partial charge in [-0.2, -0.15) is 0 Å². The van der Waals surface area contributed by atoms with Crippen LogP contribution in [-0.4, -0.2) is 29.3 Å². The van der Waals surface area contributed by atoms with Gasteiger partial charge in [0.1, 0.15) is 15.0 Å². The van der Waals surface area contributed by atoms with Crippen molar-refractivity contribution in [2.75, 3.05) is 13.4 Å². The van der Waals surface area contributed by atoms with E-state index in [-0.39, 0.29) is 5.97 Å². The van der Waals surface area contributed by atoms with Crippen molar-refractivity contribution in [2.24, 2.45) is 0 Å². The van der Waals surface area contributed by atoms with E-state index >= 15 is 0 Å². The van der Waals surface area contributed by atoms with E-state index in [2.05, 4.69) is 9.97 Å². The molecule has 8 heteroatoms. The Kier molecular flexibility index (Phi) is 5.01. The van der Waals surface area contributed by atoms with Gasteiger partial charge in [0.15, 0.2) is 0 Å². The quantitative estimate of drug-likeness (QED) is 0.357. The van der Waals surface area contributed by atoms with Crippen LogP contribution in [0.2, 0.25) is 5.15 Å². The molecule has 0 aliphatic heterocycles. The highest BCUT2D eigenvalue weighted by Gasteiger charge is 2.18. The zero-order valence-electron chi connectivity index (χ0n) is 12.2. The van der Waals surface area contributed by atoms with Crippen LogP contribution >= 0.6 is 46.0 Å². The molecular formula is C15H11ClN2O2S3. The van der Waals surface area contributed by atoms with Gasteiger partial charge in [0, 0.05) is 22.7 Å². The number of carbonyl (C=O) groups is 1. The maximum atomic E-state index is 11.7. The number of aromatic nitrogens is 2. The summed E-state index contributed by atoms with van der Waals surface area (Å²) in [6.07, 6.45) is 3.64. The molecule has 0 amide bonds. The summed E-state index contributed by atoms with van der Waals surface area (Å²) in [5, 5.41) is 3.27. The van der Waals surface area contributed by atoms with Crippen LogP contribution in [0.4, 0.5) is 0 Å². The summed E-state index contributed by atoms with van der Waals surface area (Å²) >= 11 is 10.5. The summed E-state index contributed by atoms with van der Waals surface area (Å²) in [6, 6.07) is 5.49. The lowest BCUT2D eigenvalue weighted by molar-refractivity contribution is 0.0606. The molecule has 0 radical (unpaired) electrons. The SMILES string of the molecule is COC(=O)c1cc(-c2nc(-c3ccnc(Cl)c3)cs2)c(SC)s1. The molecule has 0 aliphatic rings. The van der Waals surface area contributed by atoms with Gasteiger partial charge in [0.05, 0.1) is 17.0 Å². The number of methoxy groups -OCH3 is 1. The number of nitrogens with zero attached hydrogens (tertiary/aromatic N) is 2. The van der Waals surface area contributed by atoms with Crippen molar-refractivity contribution in [3.63, 3.8) is 0 Å². The zero-order chi connectivity index (χ0) is 16.4. The predicted molar refractivity (Wildman–Crippen MR) is 96.8 cm³/mol. The Morgan fingerprint density at radius 1 is 1.39 bits per heavy atom. The highest BCUT2D eigenvalue weighted by atomic mass is 35.5. The van der Waals surface area contributed by atoms with Gasteiger partial charge >= 0.3 is 5.97 Å². The Balaban J connectivity index is 2.00. The molecule has 0 spiro atoms. The lowest BCUT2D eigenvalue weighted by Gasteiger charge is -1.97. The lowest BCUT2D eigenvalue weighted by Crippen LogP contribution is -1.96. The number of thiazole rings is 1. The molecule has 3 aromatic heterocycles. The fourth-order valence-electron chi connectivity index (χ4n) is 1.97. The third-order valence-corrected chi connectivity index (χ3v) is 6.36. The van der Waals surface area contributed by atoms with E-state index in [1.54, 1.807) is 24.0 Å². The molecule has 0 saturated carbocycles. The van der Waals surface area contributed by atoms with E-state index in [1.807, 2.05) is 23.8 Å².